The van der Waals surface area contributed by atoms with Crippen LogP contribution in [0.5, 0.6) is 0 Å². The molecule has 0 aromatic carbocycles. The van der Waals surface area contributed by atoms with Gasteiger partial charge in [-0.25, -0.2) is 4.98 Å². The highest BCUT2D eigenvalue weighted by Crippen LogP contribution is 2.15. The highest BCUT2D eigenvalue weighted by molar-refractivity contribution is 9.10. The van der Waals surface area contributed by atoms with Crippen LogP contribution in [0.1, 0.15) is 17.4 Å². The van der Waals surface area contributed by atoms with E-state index in [1.165, 1.54) is 6.92 Å². The zero-order valence-corrected chi connectivity index (χ0v) is 8.46. The van der Waals surface area contributed by atoms with E-state index in [9.17, 15) is 9.59 Å². The van der Waals surface area contributed by atoms with Gasteiger partial charge in [0, 0.05) is 11.4 Å². The second kappa shape index (κ2) is 4.13. The van der Waals surface area contributed by atoms with Crippen molar-refractivity contribution in [3.63, 3.8) is 0 Å². The molecule has 68 valence electrons. The van der Waals surface area contributed by atoms with Gasteiger partial charge in [0.1, 0.15) is 11.5 Å². The summed E-state index contributed by atoms with van der Waals surface area (Å²) in [7, 11) is 0. The molecule has 13 heavy (non-hydrogen) atoms. The molecule has 0 saturated carbocycles. The van der Waals surface area contributed by atoms with Gasteiger partial charge < -0.3 is 5.32 Å². The summed E-state index contributed by atoms with van der Waals surface area (Å²) < 4.78 is 0.608. The molecule has 4 nitrogen and oxygen atoms in total. The largest absolute Gasteiger partial charge is 0.311 e. The van der Waals surface area contributed by atoms with Crippen molar-refractivity contribution in [3.05, 3.63) is 22.3 Å². The van der Waals surface area contributed by atoms with E-state index in [1.54, 1.807) is 12.1 Å². The second-order valence-electron chi connectivity index (χ2n) is 2.36. The number of rotatable bonds is 2. The van der Waals surface area contributed by atoms with Crippen LogP contribution < -0.4 is 5.32 Å². The smallest absolute Gasteiger partial charge is 0.222 e. The SMILES string of the molecule is CC(=O)Nc1ccc(Br)c(C=O)n1. The monoisotopic (exact) mass is 242 g/mol. The van der Waals surface area contributed by atoms with Crippen LogP contribution in [0.25, 0.3) is 0 Å². The first-order valence-corrected chi connectivity index (χ1v) is 4.32. The van der Waals surface area contributed by atoms with E-state index in [4.69, 9.17) is 0 Å². The Labute approximate surface area is 83.5 Å². The summed E-state index contributed by atoms with van der Waals surface area (Å²) in [6, 6.07) is 3.26. The Bertz CT molecular complexity index is 352. The van der Waals surface area contributed by atoms with Gasteiger partial charge in [0.15, 0.2) is 6.29 Å². The molecule has 0 atom stereocenters. The van der Waals surface area contributed by atoms with E-state index >= 15 is 0 Å². The predicted molar refractivity (Wildman–Crippen MR) is 51.6 cm³/mol. The van der Waals surface area contributed by atoms with Crippen molar-refractivity contribution >= 4 is 33.9 Å². The minimum Gasteiger partial charge on any atom is -0.311 e. The summed E-state index contributed by atoms with van der Waals surface area (Å²) in [5.41, 5.74) is 0.270. The molecule has 0 bridgehead atoms. The number of nitrogens with one attached hydrogen (secondary N) is 1. The van der Waals surface area contributed by atoms with Crippen molar-refractivity contribution in [1.29, 1.82) is 0 Å². The van der Waals surface area contributed by atoms with Crippen molar-refractivity contribution in [3.8, 4) is 0 Å². The van der Waals surface area contributed by atoms with Gasteiger partial charge >= 0.3 is 0 Å². The summed E-state index contributed by atoms with van der Waals surface area (Å²) in [4.78, 5) is 25.0. The molecule has 1 N–H and O–H groups in total. The maximum Gasteiger partial charge on any atom is 0.222 e. The van der Waals surface area contributed by atoms with Crippen LogP contribution in [0.4, 0.5) is 5.82 Å². The number of amides is 1. The first-order chi connectivity index (χ1) is 6.13. The molecule has 0 radical (unpaired) electrons. The topological polar surface area (TPSA) is 59.1 Å². The Morgan fingerprint density at radius 1 is 1.62 bits per heavy atom. The fourth-order valence-electron chi connectivity index (χ4n) is 0.791. The quantitative estimate of drug-likeness (QED) is 0.803. The predicted octanol–water partition coefficient (Wildman–Crippen LogP) is 1.61. The number of nitrogens with zero attached hydrogens (tertiary/aromatic N) is 1. The summed E-state index contributed by atoms with van der Waals surface area (Å²) in [6.45, 7) is 1.38. The minimum atomic E-state index is -0.216. The molecule has 0 spiro atoms. The fourth-order valence-corrected chi connectivity index (χ4v) is 1.10. The lowest BCUT2D eigenvalue weighted by Gasteiger charge is -2.01. The van der Waals surface area contributed by atoms with Crippen LogP contribution in [0, 0.1) is 0 Å². The molecule has 0 aliphatic rings. The molecule has 0 saturated heterocycles. The fraction of sp³-hybridized carbons (Fsp3) is 0.125. The van der Waals surface area contributed by atoms with Gasteiger partial charge in [0.25, 0.3) is 0 Å². The van der Waals surface area contributed by atoms with Crippen LogP contribution in [0.15, 0.2) is 16.6 Å². The molecule has 0 aliphatic heterocycles. The van der Waals surface area contributed by atoms with Crippen LogP contribution in [-0.2, 0) is 4.79 Å². The lowest BCUT2D eigenvalue weighted by molar-refractivity contribution is -0.114. The number of hydrogen-bond donors (Lipinski definition) is 1. The van der Waals surface area contributed by atoms with Gasteiger partial charge in [-0.15, -0.1) is 0 Å². The van der Waals surface area contributed by atoms with E-state index in [0.717, 1.165) is 0 Å². The zero-order valence-electron chi connectivity index (χ0n) is 6.87. The van der Waals surface area contributed by atoms with Crippen molar-refractivity contribution in [2.45, 2.75) is 6.92 Å². The molecule has 1 aromatic rings. The Balaban J connectivity index is 2.99. The Morgan fingerprint density at radius 3 is 2.85 bits per heavy atom. The molecule has 1 rings (SSSR count). The molecular weight excluding hydrogens is 236 g/mol. The molecule has 1 aromatic heterocycles. The number of anilines is 1. The Kier molecular flexibility index (Phi) is 3.13. The van der Waals surface area contributed by atoms with Gasteiger partial charge in [0.05, 0.1) is 0 Å². The van der Waals surface area contributed by atoms with E-state index in [0.29, 0.717) is 16.6 Å². The Hall–Kier alpha value is -1.23. The summed E-state index contributed by atoms with van der Waals surface area (Å²) in [5.74, 6) is 0.157. The minimum absolute atomic E-state index is 0.216. The van der Waals surface area contributed by atoms with Crippen LogP contribution in [0.3, 0.4) is 0 Å². The number of aromatic nitrogens is 1. The van der Waals surface area contributed by atoms with Gasteiger partial charge in [-0.2, -0.15) is 0 Å². The number of halogens is 1. The third kappa shape index (κ3) is 2.62. The molecular formula is C8H7BrN2O2. The first kappa shape index (κ1) is 9.85. The van der Waals surface area contributed by atoms with E-state index in [-0.39, 0.29) is 11.6 Å². The van der Waals surface area contributed by atoms with Crippen LogP contribution >= 0.6 is 15.9 Å². The lowest BCUT2D eigenvalue weighted by Crippen LogP contribution is -2.08. The van der Waals surface area contributed by atoms with Gasteiger partial charge in [-0.1, -0.05) is 0 Å². The zero-order chi connectivity index (χ0) is 9.84. The normalized spacial score (nSPS) is 9.38. The first-order valence-electron chi connectivity index (χ1n) is 3.53. The number of pyridine rings is 1. The van der Waals surface area contributed by atoms with Gasteiger partial charge in [-0.3, -0.25) is 9.59 Å². The van der Waals surface area contributed by atoms with Crippen molar-refractivity contribution < 1.29 is 9.59 Å². The maximum atomic E-state index is 10.6. The van der Waals surface area contributed by atoms with E-state index < -0.39 is 0 Å². The summed E-state index contributed by atoms with van der Waals surface area (Å²) >= 11 is 3.15. The highest BCUT2D eigenvalue weighted by atomic mass is 79.9. The van der Waals surface area contributed by atoms with Crippen molar-refractivity contribution in [1.82, 2.24) is 4.98 Å². The Morgan fingerprint density at radius 2 is 2.31 bits per heavy atom. The van der Waals surface area contributed by atoms with Crippen LogP contribution in [0.2, 0.25) is 0 Å². The summed E-state index contributed by atoms with van der Waals surface area (Å²) in [5, 5.41) is 2.48. The second-order valence-corrected chi connectivity index (χ2v) is 3.22. The molecule has 0 fully saturated rings. The number of carbonyl (C=O) groups is 2. The number of hydrogen-bond acceptors (Lipinski definition) is 3. The van der Waals surface area contributed by atoms with E-state index in [2.05, 4.69) is 26.2 Å². The maximum absolute atomic E-state index is 10.6. The van der Waals surface area contributed by atoms with Crippen molar-refractivity contribution in [2.75, 3.05) is 5.32 Å². The molecule has 1 heterocycles. The molecule has 5 heteroatoms. The lowest BCUT2D eigenvalue weighted by atomic mass is 10.3. The summed E-state index contributed by atoms with van der Waals surface area (Å²) in [6.07, 6.45) is 0.620. The third-order valence-corrected chi connectivity index (χ3v) is 1.96. The van der Waals surface area contributed by atoms with Gasteiger partial charge in [-0.05, 0) is 28.1 Å². The van der Waals surface area contributed by atoms with Crippen LogP contribution in [-0.4, -0.2) is 17.2 Å². The number of carbonyl (C=O) groups excluding carboxylic acids is 2. The van der Waals surface area contributed by atoms with E-state index in [1.807, 2.05) is 0 Å². The molecule has 1 amide bonds. The average Bonchev–Trinajstić information content (AvgIpc) is 2.07. The highest BCUT2D eigenvalue weighted by Gasteiger charge is 2.02. The third-order valence-electron chi connectivity index (χ3n) is 1.29. The van der Waals surface area contributed by atoms with Crippen molar-refractivity contribution in [2.24, 2.45) is 0 Å². The average molecular weight is 243 g/mol. The standard InChI is InChI=1S/C8H7BrN2O2/c1-5(13)10-8-3-2-6(9)7(4-12)11-8/h2-4H,1H3,(H,10,11,13). The van der Waals surface area contributed by atoms with Gasteiger partial charge in [0.2, 0.25) is 5.91 Å². The molecule has 0 aliphatic carbocycles. The number of aldehydes is 1. The molecule has 0 unspecified atom stereocenters.